The summed E-state index contributed by atoms with van der Waals surface area (Å²) < 4.78 is 17.7. The van der Waals surface area contributed by atoms with Gasteiger partial charge in [0.2, 0.25) is 0 Å². The molecule has 2 aromatic rings. The Morgan fingerprint density at radius 1 is 1.29 bits per heavy atom. The molecule has 110 valence electrons. The molecule has 21 heavy (non-hydrogen) atoms. The summed E-state index contributed by atoms with van der Waals surface area (Å²) in [7, 11) is -1.30. The van der Waals surface area contributed by atoms with Crippen molar-refractivity contribution in [1.82, 2.24) is 5.32 Å². The van der Waals surface area contributed by atoms with Crippen molar-refractivity contribution in [1.29, 1.82) is 0 Å². The monoisotopic (exact) mass is 323 g/mol. The minimum absolute atomic E-state index is 0.195. The normalized spacial score (nSPS) is 15.7. The molecule has 1 N–H and O–H groups in total. The van der Waals surface area contributed by atoms with Crippen LogP contribution < -0.4 is 5.32 Å². The van der Waals surface area contributed by atoms with Gasteiger partial charge in [0.15, 0.2) is 5.76 Å². The second-order valence-electron chi connectivity index (χ2n) is 4.93. The van der Waals surface area contributed by atoms with Gasteiger partial charge in [0.1, 0.15) is 5.76 Å². The largest absolute Gasteiger partial charge is 0.455 e. The number of carbonyl (C=O) groups is 1. The minimum Gasteiger partial charge on any atom is -0.455 e. The number of nitrogens with one attached hydrogen (secondary N) is 1. The van der Waals surface area contributed by atoms with E-state index < -0.39 is 10.8 Å². The highest BCUT2D eigenvalue weighted by Crippen LogP contribution is 2.23. The molecule has 1 amide bonds. The Hall–Kier alpha value is -1.59. The van der Waals surface area contributed by atoms with Crippen LogP contribution in [-0.2, 0) is 16.6 Å². The van der Waals surface area contributed by atoms with Crippen molar-refractivity contribution in [3.05, 3.63) is 52.9 Å². The van der Waals surface area contributed by atoms with Crippen LogP contribution in [0, 0.1) is 0 Å². The summed E-state index contributed by atoms with van der Waals surface area (Å²) in [6.45, 7) is 0. The van der Waals surface area contributed by atoms with Gasteiger partial charge < -0.3 is 9.73 Å². The van der Waals surface area contributed by atoms with Gasteiger partial charge in [0.05, 0.1) is 26.5 Å². The third-order valence-electron chi connectivity index (χ3n) is 3.15. The van der Waals surface area contributed by atoms with Gasteiger partial charge in [-0.3, -0.25) is 9.00 Å². The second-order valence-corrected chi connectivity index (χ2v) is 6.76. The molecule has 3 rings (SSSR count). The predicted octanol–water partition coefficient (Wildman–Crippen LogP) is 3.13. The van der Waals surface area contributed by atoms with Gasteiger partial charge in [-0.15, -0.1) is 0 Å². The first-order valence-electron chi connectivity index (χ1n) is 6.66. The SMILES string of the molecule is O=C(NC1CC1)c1ccc(CS(=O)c2ccccc2Cl)o1. The van der Waals surface area contributed by atoms with E-state index in [0.717, 1.165) is 12.8 Å². The van der Waals surface area contributed by atoms with E-state index in [-0.39, 0.29) is 23.5 Å². The molecule has 0 saturated heterocycles. The molecule has 0 bridgehead atoms. The molecule has 1 aromatic heterocycles. The molecule has 1 atom stereocenters. The number of furan rings is 1. The molecule has 0 spiro atoms. The average molecular weight is 324 g/mol. The lowest BCUT2D eigenvalue weighted by Crippen LogP contribution is -2.24. The van der Waals surface area contributed by atoms with E-state index in [4.69, 9.17) is 16.0 Å². The Morgan fingerprint density at radius 2 is 2.05 bits per heavy atom. The molecule has 1 unspecified atom stereocenters. The fourth-order valence-corrected chi connectivity index (χ4v) is 3.38. The molecule has 1 fully saturated rings. The molecule has 1 heterocycles. The van der Waals surface area contributed by atoms with E-state index in [0.29, 0.717) is 15.7 Å². The number of rotatable bonds is 5. The molecular weight excluding hydrogens is 310 g/mol. The first kappa shape index (κ1) is 14.4. The van der Waals surface area contributed by atoms with E-state index in [9.17, 15) is 9.00 Å². The highest BCUT2D eigenvalue weighted by Gasteiger charge is 2.25. The molecule has 4 nitrogen and oxygen atoms in total. The molecule has 1 aromatic carbocycles. The highest BCUT2D eigenvalue weighted by atomic mass is 35.5. The van der Waals surface area contributed by atoms with Crippen LogP contribution in [0.1, 0.15) is 29.2 Å². The molecular formula is C15H14ClNO3S. The quantitative estimate of drug-likeness (QED) is 0.919. The van der Waals surface area contributed by atoms with E-state index in [2.05, 4.69) is 5.32 Å². The lowest BCUT2D eigenvalue weighted by molar-refractivity contribution is 0.0922. The summed E-state index contributed by atoms with van der Waals surface area (Å²) in [5.74, 6) is 0.745. The average Bonchev–Trinajstić information content (AvgIpc) is 3.15. The van der Waals surface area contributed by atoms with Crippen LogP contribution in [-0.4, -0.2) is 16.2 Å². The maximum atomic E-state index is 12.3. The summed E-state index contributed by atoms with van der Waals surface area (Å²) in [6.07, 6.45) is 2.05. The van der Waals surface area contributed by atoms with Gasteiger partial charge in [-0.1, -0.05) is 23.7 Å². The van der Waals surface area contributed by atoms with Gasteiger partial charge in [-0.2, -0.15) is 0 Å². The Balaban J connectivity index is 1.68. The van der Waals surface area contributed by atoms with Crippen molar-refractivity contribution in [3.63, 3.8) is 0 Å². The topological polar surface area (TPSA) is 59.3 Å². The van der Waals surface area contributed by atoms with Crippen molar-refractivity contribution >= 4 is 28.3 Å². The molecule has 1 aliphatic rings. The molecule has 1 aliphatic carbocycles. The summed E-state index contributed by atoms with van der Waals surface area (Å²) in [4.78, 5) is 12.4. The summed E-state index contributed by atoms with van der Waals surface area (Å²) in [5.41, 5.74) is 0. The van der Waals surface area contributed by atoms with Crippen LogP contribution in [0.5, 0.6) is 0 Å². The van der Waals surface area contributed by atoms with Crippen LogP contribution in [0.25, 0.3) is 0 Å². The van der Waals surface area contributed by atoms with Gasteiger partial charge in [-0.05, 0) is 37.1 Å². The van der Waals surface area contributed by atoms with Crippen LogP contribution in [0.15, 0.2) is 45.7 Å². The predicted molar refractivity (Wildman–Crippen MR) is 80.8 cm³/mol. The van der Waals surface area contributed by atoms with E-state index in [1.807, 2.05) is 0 Å². The Bertz CT molecular complexity index is 694. The zero-order valence-corrected chi connectivity index (χ0v) is 12.7. The maximum absolute atomic E-state index is 12.3. The maximum Gasteiger partial charge on any atom is 0.287 e. The number of halogens is 1. The first-order valence-corrected chi connectivity index (χ1v) is 8.35. The number of amides is 1. The zero-order chi connectivity index (χ0) is 14.8. The highest BCUT2D eigenvalue weighted by molar-refractivity contribution is 7.84. The fourth-order valence-electron chi connectivity index (χ4n) is 1.90. The Kier molecular flexibility index (Phi) is 4.12. The van der Waals surface area contributed by atoms with Gasteiger partial charge in [0.25, 0.3) is 5.91 Å². The number of hydrogen-bond donors (Lipinski definition) is 1. The summed E-state index contributed by atoms with van der Waals surface area (Å²) in [6, 6.07) is 10.6. The van der Waals surface area contributed by atoms with Crippen LogP contribution >= 0.6 is 11.6 Å². The van der Waals surface area contributed by atoms with Crippen molar-refractivity contribution in [2.75, 3.05) is 0 Å². The van der Waals surface area contributed by atoms with Crippen molar-refractivity contribution in [2.24, 2.45) is 0 Å². The number of carbonyl (C=O) groups excluding carboxylic acids is 1. The van der Waals surface area contributed by atoms with Crippen LogP contribution in [0.2, 0.25) is 5.02 Å². The van der Waals surface area contributed by atoms with Gasteiger partial charge >= 0.3 is 0 Å². The third kappa shape index (κ3) is 3.54. The Morgan fingerprint density at radius 3 is 2.76 bits per heavy atom. The smallest absolute Gasteiger partial charge is 0.287 e. The third-order valence-corrected chi connectivity index (χ3v) is 4.99. The number of hydrogen-bond acceptors (Lipinski definition) is 3. The fraction of sp³-hybridized carbons (Fsp3) is 0.267. The molecule has 1 saturated carbocycles. The molecule has 0 radical (unpaired) electrons. The molecule has 6 heteroatoms. The van der Waals surface area contributed by atoms with E-state index in [1.165, 1.54) is 0 Å². The number of benzene rings is 1. The van der Waals surface area contributed by atoms with Gasteiger partial charge in [0, 0.05) is 6.04 Å². The second kappa shape index (κ2) is 6.03. The van der Waals surface area contributed by atoms with Crippen LogP contribution in [0.4, 0.5) is 0 Å². The lowest BCUT2D eigenvalue weighted by atomic mass is 10.4. The minimum atomic E-state index is -1.30. The van der Waals surface area contributed by atoms with Crippen LogP contribution in [0.3, 0.4) is 0 Å². The van der Waals surface area contributed by atoms with Crippen molar-refractivity contribution < 1.29 is 13.4 Å². The molecule has 0 aliphatic heterocycles. The lowest BCUT2D eigenvalue weighted by Gasteiger charge is -2.03. The van der Waals surface area contributed by atoms with E-state index in [1.54, 1.807) is 36.4 Å². The van der Waals surface area contributed by atoms with Crippen molar-refractivity contribution in [2.45, 2.75) is 29.5 Å². The van der Waals surface area contributed by atoms with Crippen molar-refractivity contribution in [3.8, 4) is 0 Å². The van der Waals surface area contributed by atoms with E-state index >= 15 is 0 Å². The standard InChI is InChI=1S/C15H14ClNO3S/c16-12-3-1-2-4-14(12)21(19)9-11-7-8-13(20-11)15(18)17-10-5-6-10/h1-4,7-8,10H,5-6,9H2,(H,17,18). The zero-order valence-electron chi connectivity index (χ0n) is 11.2. The summed E-state index contributed by atoms with van der Waals surface area (Å²) in [5, 5.41) is 3.31. The first-order chi connectivity index (χ1) is 10.1. The Labute approximate surface area is 129 Å². The van der Waals surface area contributed by atoms with Gasteiger partial charge in [-0.25, -0.2) is 0 Å². The summed E-state index contributed by atoms with van der Waals surface area (Å²) >= 11 is 6.02.